The number of para-hydroxylation sites is 1. The van der Waals surface area contributed by atoms with Gasteiger partial charge in [0.2, 0.25) is 0 Å². The summed E-state index contributed by atoms with van der Waals surface area (Å²) >= 11 is 0. The van der Waals surface area contributed by atoms with Crippen molar-refractivity contribution in [2.45, 2.75) is 30.6 Å². The van der Waals surface area contributed by atoms with Gasteiger partial charge in [-0.05, 0) is 37.4 Å². The molecule has 0 saturated carbocycles. The van der Waals surface area contributed by atoms with E-state index in [-0.39, 0.29) is 0 Å². The average Bonchev–Trinajstić information content (AvgIpc) is 3.04. The highest BCUT2D eigenvalue weighted by Gasteiger charge is 2.55. The van der Waals surface area contributed by atoms with E-state index < -0.39 is 36.2 Å². The number of hydrogen-bond acceptors (Lipinski definition) is 10. The number of hydrogen-bond donors (Lipinski definition) is 2. The molecule has 0 amide bonds. The lowest BCUT2D eigenvalue weighted by molar-refractivity contribution is -0.288. The fourth-order valence-corrected chi connectivity index (χ4v) is 4.27. The molecule has 0 aliphatic carbocycles. The van der Waals surface area contributed by atoms with Crippen LogP contribution in [0.3, 0.4) is 0 Å². The van der Waals surface area contributed by atoms with Crippen molar-refractivity contribution in [3.8, 4) is 17.0 Å². The summed E-state index contributed by atoms with van der Waals surface area (Å²) in [6, 6.07) is 18.1. The summed E-state index contributed by atoms with van der Waals surface area (Å²) in [5.74, 6) is -3.78. The highest BCUT2D eigenvalue weighted by atomic mass is 16.8. The van der Waals surface area contributed by atoms with E-state index in [9.17, 15) is 19.8 Å². The molecule has 3 heterocycles. The lowest BCUT2D eigenvalue weighted by atomic mass is 9.95. The van der Waals surface area contributed by atoms with Gasteiger partial charge < -0.3 is 24.4 Å². The third-order valence-corrected chi connectivity index (χ3v) is 6.12. The summed E-state index contributed by atoms with van der Waals surface area (Å²) in [5, 5.41) is 28.3. The fourth-order valence-electron chi connectivity index (χ4n) is 4.27. The van der Waals surface area contributed by atoms with Gasteiger partial charge in [-0.15, -0.1) is 0 Å². The van der Waals surface area contributed by atoms with E-state index in [1.807, 2.05) is 36.4 Å². The molecule has 10 heteroatoms. The number of aliphatic hydroxyl groups is 2. The summed E-state index contributed by atoms with van der Waals surface area (Å²) in [6.07, 6.45) is -2.64. The topological polar surface area (TPSA) is 131 Å². The molecule has 0 bridgehead atoms. The van der Waals surface area contributed by atoms with Crippen LogP contribution < -0.4 is 4.74 Å². The first-order chi connectivity index (χ1) is 16.9. The predicted octanol–water partition coefficient (Wildman–Crippen LogP) is 1.53. The molecule has 2 aromatic carbocycles. The van der Waals surface area contributed by atoms with Crippen LogP contribution >= 0.6 is 0 Å². The van der Waals surface area contributed by atoms with Crippen LogP contribution in [0.15, 0.2) is 66.9 Å². The van der Waals surface area contributed by atoms with E-state index in [0.29, 0.717) is 41.1 Å². The van der Waals surface area contributed by atoms with Gasteiger partial charge in [-0.1, -0.05) is 30.3 Å². The molecule has 1 spiro atoms. The van der Waals surface area contributed by atoms with Crippen molar-refractivity contribution >= 4 is 11.9 Å². The number of carbonyl (C=O) groups is 2. The minimum atomic E-state index is -2.08. The van der Waals surface area contributed by atoms with Crippen molar-refractivity contribution in [2.75, 3.05) is 13.6 Å². The van der Waals surface area contributed by atoms with Crippen LogP contribution in [0, 0.1) is 0 Å². The molecule has 3 atom stereocenters. The summed E-state index contributed by atoms with van der Waals surface area (Å²) in [6.45, 7) is 0.291. The van der Waals surface area contributed by atoms with Crippen molar-refractivity contribution in [2.24, 2.45) is 0 Å². The summed E-state index contributed by atoms with van der Waals surface area (Å²) < 4.78 is 17.6. The van der Waals surface area contributed by atoms with Gasteiger partial charge in [-0.3, -0.25) is 0 Å². The zero-order chi connectivity index (χ0) is 24.6. The molecule has 0 radical (unpaired) electrons. The Bertz CT molecular complexity index is 1220. The van der Waals surface area contributed by atoms with E-state index in [1.165, 1.54) is 0 Å². The normalized spacial score (nSPS) is 26.8. The highest BCUT2D eigenvalue weighted by molar-refractivity contribution is 5.87. The second kappa shape index (κ2) is 9.06. The van der Waals surface area contributed by atoms with Crippen molar-refractivity contribution in [3.63, 3.8) is 0 Å². The molecule has 2 aliphatic rings. The van der Waals surface area contributed by atoms with Gasteiger partial charge in [0.25, 0.3) is 0 Å². The lowest BCUT2D eigenvalue weighted by Crippen LogP contribution is -2.50. The number of ether oxygens (including phenoxy) is 3. The molecule has 35 heavy (non-hydrogen) atoms. The average molecular weight is 477 g/mol. The maximum Gasteiger partial charge on any atom is 0.349 e. The Morgan fingerprint density at radius 1 is 1.00 bits per heavy atom. The van der Waals surface area contributed by atoms with Crippen LogP contribution in [0.2, 0.25) is 0 Å². The molecular weight excluding hydrogens is 454 g/mol. The fraction of sp³-hybridized carbons (Fsp3) is 0.280. The molecule has 2 N–H and O–H groups in total. The van der Waals surface area contributed by atoms with Crippen LogP contribution in [-0.2, 0) is 25.0 Å². The third-order valence-electron chi connectivity index (χ3n) is 6.12. The van der Waals surface area contributed by atoms with E-state index in [2.05, 4.69) is 10.2 Å². The third kappa shape index (κ3) is 4.12. The zero-order valence-electron chi connectivity index (χ0n) is 18.8. The first-order valence-electron chi connectivity index (χ1n) is 11.1. The van der Waals surface area contributed by atoms with Crippen LogP contribution in [0.25, 0.3) is 11.3 Å². The van der Waals surface area contributed by atoms with Crippen molar-refractivity contribution < 1.29 is 34.0 Å². The molecule has 1 fully saturated rings. The second-order valence-corrected chi connectivity index (χ2v) is 8.35. The first kappa shape index (κ1) is 22.9. The van der Waals surface area contributed by atoms with Crippen LogP contribution in [0.4, 0.5) is 0 Å². The maximum atomic E-state index is 12.7. The maximum absolute atomic E-state index is 12.7. The van der Waals surface area contributed by atoms with Crippen molar-refractivity contribution in [1.29, 1.82) is 0 Å². The predicted molar refractivity (Wildman–Crippen MR) is 120 cm³/mol. The first-order valence-corrected chi connectivity index (χ1v) is 11.1. The molecule has 10 nitrogen and oxygen atoms in total. The number of fused-ring (bicyclic) bond motifs is 2. The number of esters is 2. The van der Waals surface area contributed by atoms with Crippen LogP contribution in [-0.4, -0.2) is 63.0 Å². The molecule has 1 saturated heterocycles. The molecule has 3 unspecified atom stereocenters. The number of benzene rings is 2. The SMILES string of the molecule is CN1CCC(Oc2ccccc2)c2ccc(-c3cccnn3)cc2C12OC(=O)C(O)C(O)C(=O)O2. The summed E-state index contributed by atoms with van der Waals surface area (Å²) in [4.78, 5) is 26.9. The van der Waals surface area contributed by atoms with E-state index in [1.54, 1.807) is 42.4 Å². The lowest BCUT2D eigenvalue weighted by Gasteiger charge is -2.38. The van der Waals surface area contributed by atoms with E-state index >= 15 is 0 Å². The Balaban J connectivity index is 1.69. The Morgan fingerprint density at radius 2 is 1.71 bits per heavy atom. The van der Waals surface area contributed by atoms with E-state index in [0.717, 1.165) is 0 Å². The minimum absolute atomic E-state index is 0.291. The largest absolute Gasteiger partial charge is 0.486 e. The highest BCUT2D eigenvalue weighted by Crippen LogP contribution is 2.44. The number of nitrogens with zero attached hydrogens (tertiary/aromatic N) is 3. The van der Waals surface area contributed by atoms with Crippen LogP contribution in [0.5, 0.6) is 5.75 Å². The molecule has 3 aromatic rings. The monoisotopic (exact) mass is 477 g/mol. The van der Waals surface area contributed by atoms with Gasteiger partial charge in [-0.25, -0.2) is 14.5 Å². The van der Waals surface area contributed by atoms with Gasteiger partial charge in [0.05, 0.1) is 11.3 Å². The molecule has 180 valence electrons. The standard InChI is InChI=1S/C25H23N3O7/c1-28-13-11-20(33-16-6-3-2-4-7-16)17-10-9-15(19-8-5-12-26-27-19)14-18(17)25(28)34-23(31)21(29)22(30)24(32)35-25/h2-10,12,14,20-22,29-30H,11,13H2,1H3. The summed E-state index contributed by atoms with van der Waals surface area (Å²) in [5.41, 5.74) is 2.09. The van der Waals surface area contributed by atoms with Crippen LogP contribution in [0.1, 0.15) is 23.7 Å². The Hall–Kier alpha value is -3.86. The van der Waals surface area contributed by atoms with Crippen molar-refractivity contribution in [1.82, 2.24) is 15.1 Å². The van der Waals surface area contributed by atoms with Gasteiger partial charge in [0, 0.05) is 30.3 Å². The Morgan fingerprint density at radius 3 is 2.37 bits per heavy atom. The van der Waals surface area contributed by atoms with Gasteiger partial charge in [0.15, 0.2) is 12.2 Å². The van der Waals surface area contributed by atoms with Gasteiger partial charge >= 0.3 is 17.8 Å². The number of aliphatic hydroxyl groups excluding tert-OH is 2. The second-order valence-electron chi connectivity index (χ2n) is 8.35. The summed E-state index contributed by atoms with van der Waals surface area (Å²) in [7, 11) is 1.62. The van der Waals surface area contributed by atoms with Crippen molar-refractivity contribution in [3.05, 3.63) is 78.0 Å². The molecular formula is C25H23N3O7. The van der Waals surface area contributed by atoms with Gasteiger partial charge in [-0.2, -0.15) is 10.2 Å². The minimum Gasteiger partial charge on any atom is -0.486 e. The molecule has 2 aliphatic heterocycles. The van der Waals surface area contributed by atoms with Gasteiger partial charge in [0.1, 0.15) is 11.9 Å². The number of carbonyl (C=O) groups excluding carboxylic acids is 2. The Kier molecular flexibility index (Phi) is 5.93. The molecule has 5 rings (SSSR count). The Labute approximate surface area is 200 Å². The number of rotatable bonds is 3. The number of aromatic nitrogens is 2. The van der Waals surface area contributed by atoms with E-state index in [4.69, 9.17) is 14.2 Å². The quantitative estimate of drug-likeness (QED) is 0.536. The zero-order valence-corrected chi connectivity index (χ0v) is 18.8. The molecule has 1 aromatic heterocycles. The smallest absolute Gasteiger partial charge is 0.349 e.